The number of pyridine rings is 1. The van der Waals surface area contributed by atoms with E-state index in [-0.39, 0.29) is 5.69 Å². The van der Waals surface area contributed by atoms with Crippen molar-refractivity contribution in [3.8, 4) is 0 Å². The SMILES string of the molecule is Cc1ccc(NC(=O)Nc2cc(CN3CCNCC3)ccc2F)cn1. The van der Waals surface area contributed by atoms with Crippen LogP contribution < -0.4 is 16.0 Å². The number of amides is 2. The van der Waals surface area contributed by atoms with Gasteiger partial charge in [-0.05, 0) is 36.8 Å². The minimum atomic E-state index is -0.496. The van der Waals surface area contributed by atoms with E-state index in [0.717, 1.165) is 44.0 Å². The van der Waals surface area contributed by atoms with Crippen molar-refractivity contribution in [2.45, 2.75) is 13.5 Å². The summed E-state index contributed by atoms with van der Waals surface area (Å²) < 4.78 is 14.0. The molecule has 0 spiro atoms. The molecule has 0 bridgehead atoms. The Morgan fingerprint density at radius 3 is 2.76 bits per heavy atom. The van der Waals surface area contributed by atoms with Gasteiger partial charge < -0.3 is 16.0 Å². The number of piperazine rings is 1. The summed E-state index contributed by atoms with van der Waals surface area (Å²) in [5.41, 5.74) is 2.55. The topological polar surface area (TPSA) is 69.3 Å². The van der Waals surface area contributed by atoms with Crippen LogP contribution in [0.4, 0.5) is 20.6 Å². The molecule has 2 heterocycles. The third-order valence-electron chi connectivity index (χ3n) is 4.06. The van der Waals surface area contributed by atoms with Crippen molar-refractivity contribution in [2.24, 2.45) is 0 Å². The lowest BCUT2D eigenvalue weighted by Crippen LogP contribution is -2.42. The number of anilines is 2. The molecular formula is C18H22FN5O. The molecule has 0 atom stereocenters. The first-order chi connectivity index (χ1) is 12.1. The van der Waals surface area contributed by atoms with Crippen molar-refractivity contribution >= 4 is 17.4 Å². The molecule has 1 aliphatic rings. The second kappa shape index (κ2) is 8.04. The van der Waals surface area contributed by atoms with Crippen molar-refractivity contribution in [1.29, 1.82) is 0 Å². The molecule has 2 amide bonds. The Bertz CT molecular complexity index is 729. The highest BCUT2D eigenvalue weighted by atomic mass is 19.1. The Morgan fingerprint density at radius 2 is 2.04 bits per heavy atom. The van der Waals surface area contributed by atoms with Crippen molar-refractivity contribution in [2.75, 3.05) is 36.8 Å². The molecule has 0 radical (unpaired) electrons. The van der Waals surface area contributed by atoms with Gasteiger partial charge in [-0.15, -0.1) is 0 Å². The molecule has 0 unspecified atom stereocenters. The smallest absolute Gasteiger partial charge is 0.314 e. The molecule has 1 fully saturated rings. The molecule has 0 aliphatic carbocycles. The van der Waals surface area contributed by atoms with Crippen LogP contribution in [-0.4, -0.2) is 42.1 Å². The van der Waals surface area contributed by atoms with Crippen LogP contribution in [0.1, 0.15) is 11.3 Å². The van der Waals surface area contributed by atoms with Crippen LogP contribution in [0.5, 0.6) is 0 Å². The Hall–Kier alpha value is -2.51. The van der Waals surface area contributed by atoms with Crippen LogP contribution in [0, 0.1) is 12.7 Å². The van der Waals surface area contributed by atoms with Crippen LogP contribution in [-0.2, 0) is 6.54 Å². The highest BCUT2D eigenvalue weighted by Gasteiger charge is 2.12. The first-order valence-corrected chi connectivity index (χ1v) is 8.32. The molecule has 2 aromatic rings. The maximum absolute atomic E-state index is 14.0. The predicted octanol–water partition coefficient (Wildman–Crippen LogP) is 2.58. The number of nitrogens with one attached hydrogen (secondary N) is 3. The van der Waals surface area contributed by atoms with E-state index in [1.54, 1.807) is 30.5 Å². The number of carbonyl (C=O) groups is 1. The van der Waals surface area contributed by atoms with E-state index in [1.807, 2.05) is 6.92 Å². The van der Waals surface area contributed by atoms with Crippen LogP contribution in [0.15, 0.2) is 36.5 Å². The van der Waals surface area contributed by atoms with Gasteiger partial charge in [0.2, 0.25) is 0 Å². The summed E-state index contributed by atoms with van der Waals surface area (Å²) in [6, 6.07) is 7.88. The van der Waals surface area contributed by atoms with Crippen molar-refractivity contribution in [3.63, 3.8) is 0 Å². The fourth-order valence-corrected chi connectivity index (χ4v) is 2.72. The molecule has 3 rings (SSSR count). The minimum absolute atomic E-state index is 0.171. The molecule has 7 heteroatoms. The largest absolute Gasteiger partial charge is 0.323 e. The second-order valence-corrected chi connectivity index (χ2v) is 6.11. The lowest BCUT2D eigenvalue weighted by Gasteiger charge is -2.27. The number of nitrogens with zero attached hydrogens (tertiary/aromatic N) is 2. The first-order valence-electron chi connectivity index (χ1n) is 8.32. The van der Waals surface area contributed by atoms with Crippen molar-refractivity contribution in [3.05, 3.63) is 53.6 Å². The summed E-state index contributed by atoms with van der Waals surface area (Å²) in [6.07, 6.45) is 1.56. The molecular weight excluding hydrogens is 321 g/mol. The Balaban J connectivity index is 1.63. The molecule has 1 aromatic carbocycles. The van der Waals surface area contributed by atoms with E-state index >= 15 is 0 Å². The van der Waals surface area contributed by atoms with Gasteiger partial charge >= 0.3 is 6.03 Å². The molecule has 1 aromatic heterocycles. The lowest BCUT2D eigenvalue weighted by atomic mass is 10.1. The number of carbonyl (C=O) groups excluding carboxylic acids is 1. The molecule has 0 saturated carbocycles. The molecule has 1 aliphatic heterocycles. The van der Waals surface area contributed by atoms with Crippen molar-refractivity contribution in [1.82, 2.24) is 15.2 Å². The zero-order valence-corrected chi connectivity index (χ0v) is 14.2. The fourth-order valence-electron chi connectivity index (χ4n) is 2.72. The molecule has 1 saturated heterocycles. The standard InChI is InChI=1S/C18H22FN5O/c1-13-2-4-15(11-21-13)22-18(25)23-17-10-14(3-5-16(17)19)12-24-8-6-20-7-9-24/h2-5,10-11,20H,6-9,12H2,1H3,(H2,22,23,25). The van der Waals surface area contributed by atoms with Gasteiger partial charge in [0.15, 0.2) is 0 Å². The summed E-state index contributed by atoms with van der Waals surface area (Å²) in [4.78, 5) is 18.5. The Kier molecular flexibility index (Phi) is 5.57. The lowest BCUT2D eigenvalue weighted by molar-refractivity contribution is 0.233. The van der Waals surface area contributed by atoms with E-state index in [0.29, 0.717) is 5.69 Å². The zero-order chi connectivity index (χ0) is 17.6. The highest BCUT2D eigenvalue weighted by Crippen LogP contribution is 2.18. The number of rotatable bonds is 4. The zero-order valence-electron chi connectivity index (χ0n) is 14.2. The summed E-state index contributed by atoms with van der Waals surface area (Å²) in [7, 11) is 0. The first kappa shape index (κ1) is 17.3. The van der Waals surface area contributed by atoms with Gasteiger partial charge in [-0.3, -0.25) is 9.88 Å². The average Bonchev–Trinajstić information content (AvgIpc) is 2.61. The number of aryl methyl sites for hydroxylation is 1. The summed E-state index contributed by atoms with van der Waals surface area (Å²) in [5.74, 6) is -0.457. The number of benzene rings is 1. The monoisotopic (exact) mass is 343 g/mol. The van der Waals surface area contributed by atoms with Crippen LogP contribution in [0.25, 0.3) is 0 Å². The van der Waals surface area contributed by atoms with E-state index in [1.165, 1.54) is 6.07 Å². The molecule has 25 heavy (non-hydrogen) atoms. The fraction of sp³-hybridized carbons (Fsp3) is 0.333. The van der Waals surface area contributed by atoms with Gasteiger partial charge in [-0.2, -0.15) is 0 Å². The Morgan fingerprint density at radius 1 is 1.24 bits per heavy atom. The third kappa shape index (κ3) is 4.98. The van der Waals surface area contributed by atoms with Gasteiger partial charge in [0.05, 0.1) is 17.6 Å². The van der Waals surface area contributed by atoms with E-state index in [9.17, 15) is 9.18 Å². The maximum Gasteiger partial charge on any atom is 0.323 e. The van der Waals surface area contributed by atoms with Crippen LogP contribution >= 0.6 is 0 Å². The number of halogens is 1. The summed E-state index contributed by atoms with van der Waals surface area (Å²) in [5, 5.41) is 8.52. The van der Waals surface area contributed by atoms with Crippen LogP contribution in [0.3, 0.4) is 0 Å². The number of urea groups is 1. The number of hydrogen-bond acceptors (Lipinski definition) is 4. The van der Waals surface area contributed by atoms with E-state index in [4.69, 9.17) is 0 Å². The Labute approximate surface area is 146 Å². The van der Waals surface area contributed by atoms with E-state index < -0.39 is 11.8 Å². The average molecular weight is 343 g/mol. The molecule has 3 N–H and O–H groups in total. The van der Waals surface area contributed by atoms with Crippen molar-refractivity contribution < 1.29 is 9.18 Å². The van der Waals surface area contributed by atoms with Gasteiger partial charge in [-0.25, -0.2) is 9.18 Å². The molecule has 6 nitrogen and oxygen atoms in total. The minimum Gasteiger partial charge on any atom is -0.314 e. The predicted molar refractivity (Wildman–Crippen MR) is 96.2 cm³/mol. The van der Waals surface area contributed by atoms with Gasteiger partial charge in [0, 0.05) is 38.4 Å². The summed E-state index contributed by atoms with van der Waals surface area (Å²) >= 11 is 0. The summed E-state index contributed by atoms with van der Waals surface area (Å²) in [6.45, 7) is 6.43. The van der Waals surface area contributed by atoms with E-state index in [2.05, 4.69) is 25.8 Å². The molecule has 132 valence electrons. The number of hydrogen-bond donors (Lipinski definition) is 3. The maximum atomic E-state index is 14.0. The van der Waals surface area contributed by atoms with Gasteiger partial charge in [0.25, 0.3) is 0 Å². The van der Waals surface area contributed by atoms with Gasteiger partial charge in [-0.1, -0.05) is 6.07 Å². The highest BCUT2D eigenvalue weighted by molar-refractivity contribution is 5.99. The normalized spacial score (nSPS) is 15.0. The third-order valence-corrected chi connectivity index (χ3v) is 4.06. The second-order valence-electron chi connectivity index (χ2n) is 6.11. The number of aromatic nitrogens is 1. The van der Waals surface area contributed by atoms with Crippen LogP contribution in [0.2, 0.25) is 0 Å². The van der Waals surface area contributed by atoms with Gasteiger partial charge in [0.1, 0.15) is 5.82 Å². The quantitative estimate of drug-likeness (QED) is 0.798.